The number of benzene rings is 2. The smallest absolute Gasteiger partial charge is 0.132 e. The zero-order chi connectivity index (χ0) is 14.4. The Kier molecular flexibility index (Phi) is 5.39. The summed E-state index contributed by atoms with van der Waals surface area (Å²) in [6.45, 7) is 3.55. The Morgan fingerprint density at radius 3 is 2.60 bits per heavy atom. The van der Waals surface area contributed by atoms with Gasteiger partial charge in [-0.2, -0.15) is 0 Å². The summed E-state index contributed by atoms with van der Waals surface area (Å²) >= 11 is 5.84. The van der Waals surface area contributed by atoms with Gasteiger partial charge in [0.15, 0.2) is 0 Å². The van der Waals surface area contributed by atoms with Gasteiger partial charge in [-0.25, -0.2) is 4.39 Å². The molecular weight excluding hydrogens is 277 g/mol. The van der Waals surface area contributed by atoms with Gasteiger partial charge in [-0.15, -0.1) is 0 Å². The van der Waals surface area contributed by atoms with Crippen LogP contribution in [0.3, 0.4) is 0 Å². The summed E-state index contributed by atoms with van der Waals surface area (Å²) in [6, 6.07) is 11.6. The number of hydrogen-bond acceptors (Lipinski definition) is 2. The van der Waals surface area contributed by atoms with Crippen LogP contribution in [0.2, 0.25) is 5.02 Å². The fourth-order valence-electron chi connectivity index (χ4n) is 1.82. The van der Waals surface area contributed by atoms with Gasteiger partial charge in [-0.1, -0.05) is 18.5 Å². The van der Waals surface area contributed by atoms with E-state index in [1.165, 1.54) is 12.1 Å². The molecule has 0 spiro atoms. The van der Waals surface area contributed by atoms with Crippen LogP contribution in [0.5, 0.6) is 11.5 Å². The lowest BCUT2D eigenvalue weighted by Crippen LogP contribution is -2.14. The van der Waals surface area contributed by atoms with Crippen molar-refractivity contribution in [1.29, 1.82) is 0 Å². The van der Waals surface area contributed by atoms with E-state index in [1.807, 2.05) is 0 Å². The Morgan fingerprint density at radius 1 is 1.15 bits per heavy atom. The number of nitrogens with one attached hydrogen (secondary N) is 1. The lowest BCUT2D eigenvalue weighted by atomic mass is 10.2. The number of hydrogen-bond donors (Lipinski definition) is 1. The van der Waals surface area contributed by atoms with Crippen LogP contribution in [-0.4, -0.2) is 6.54 Å². The molecule has 106 valence electrons. The van der Waals surface area contributed by atoms with Gasteiger partial charge >= 0.3 is 0 Å². The van der Waals surface area contributed by atoms with Gasteiger partial charge in [0, 0.05) is 17.1 Å². The minimum Gasteiger partial charge on any atom is -0.457 e. The van der Waals surface area contributed by atoms with E-state index >= 15 is 0 Å². The summed E-state index contributed by atoms with van der Waals surface area (Å²) in [5, 5.41) is 3.90. The maximum absolute atomic E-state index is 13.3. The van der Waals surface area contributed by atoms with E-state index in [9.17, 15) is 4.39 Å². The van der Waals surface area contributed by atoms with E-state index in [0.717, 1.165) is 18.5 Å². The Hall–Kier alpha value is -1.58. The molecule has 0 aromatic heterocycles. The van der Waals surface area contributed by atoms with Gasteiger partial charge in [0.25, 0.3) is 0 Å². The van der Waals surface area contributed by atoms with Crippen LogP contribution >= 0.6 is 11.6 Å². The molecule has 0 aliphatic rings. The zero-order valence-corrected chi connectivity index (χ0v) is 12.1. The summed E-state index contributed by atoms with van der Waals surface area (Å²) < 4.78 is 19.1. The minimum absolute atomic E-state index is 0.262. The molecule has 2 aromatic rings. The summed E-state index contributed by atoms with van der Waals surface area (Å²) in [5.41, 5.74) is 0.799. The monoisotopic (exact) mass is 293 g/mol. The van der Waals surface area contributed by atoms with Crippen molar-refractivity contribution < 1.29 is 9.13 Å². The molecule has 0 saturated carbocycles. The zero-order valence-electron chi connectivity index (χ0n) is 11.3. The van der Waals surface area contributed by atoms with Crippen LogP contribution in [0.25, 0.3) is 0 Å². The van der Waals surface area contributed by atoms with Crippen molar-refractivity contribution in [2.24, 2.45) is 0 Å². The quantitative estimate of drug-likeness (QED) is 0.775. The molecule has 4 heteroatoms. The first-order valence-electron chi connectivity index (χ1n) is 6.61. The van der Waals surface area contributed by atoms with E-state index < -0.39 is 0 Å². The fourth-order valence-corrected chi connectivity index (χ4v) is 1.94. The highest BCUT2D eigenvalue weighted by Gasteiger charge is 2.06. The van der Waals surface area contributed by atoms with Crippen molar-refractivity contribution in [3.63, 3.8) is 0 Å². The molecule has 0 fully saturated rings. The highest BCUT2D eigenvalue weighted by atomic mass is 35.5. The van der Waals surface area contributed by atoms with Crippen LogP contribution in [-0.2, 0) is 6.54 Å². The normalized spacial score (nSPS) is 10.6. The van der Waals surface area contributed by atoms with Gasteiger partial charge < -0.3 is 10.1 Å². The summed E-state index contributed by atoms with van der Waals surface area (Å²) in [5.74, 6) is 1.07. The van der Waals surface area contributed by atoms with Crippen molar-refractivity contribution >= 4 is 11.6 Å². The first-order chi connectivity index (χ1) is 9.69. The molecule has 0 unspecified atom stereocenters. The Morgan fingerprint density at radius 2 is 1.90 bits per heavy atom. The second-order valence-corrected chi connectivity index (χ2v) is 4.92. The Bertz CT molecular complexity index is 557. The largest absolute Gasteiger partial charge is 0.457 e. The standard InChI is InChI=1S/C16H17ClFNO/c1-2-9-19-11-12-10-14(18)5-8-16(12)20-15-6-3-13(17)4-7-15/h3-8,10,19H,2,9,11H2,1H3. The second-order valence-electron chi connectivity index (χ2n) is 4.48. The van der Waals surface area contributed by atoms with Crippen LogP contribution in [0.4, 0.5) is 4.39 Å². The molecule has 2 aromatic carbocycles. The third-order valence-corrected chi connectivity index (χ3v) is 3.06. The third-order valence-electron chi connectivity index (χ3n) is 2.81. The van der Waals surface area contributed by atoms with Crippen molar-refractivity contribution in [3.05, 3.63) is 58.9 Å². The lowest BCUT2D eigenvalue weighted by molar-refractivity contribution is 0.470. The Balaban J connectivity index is 2.15. The van der Waals surface area contributed by atoms with Crippen LogP contribution in [0.15, 0.2) is 42.5 Å². The third kappa shape index (κ3) is 4.22. The van der Waals surface area contributed by atoms with Gasteiger partial charge in [0.2, 0.25) is 0 Å². The van der Waals surface area contributed by atoms with Crippen molar-refractivity contribution in [3.8, 4) is 11.5 Å². The van der Waals surface area contributed by atoms with Crippen molar-refractivity contribution in [1.82, 2.24) is 5.32 Å². The molecule has 0 saturated heterocycles. The maximum atomic E-state index is 13.3. The lowest BCUT2D eigenvalue weighted by Gasteiger charge is -2.12. The number of halogens is 2. The molecule has 0 heterocycles. The van der Waals surface area contributed by atoms with Gasteiger partial charge in [-0.3, -0.25) is 0 Å². The summed E-state index contributed by atoms with van der Waals surface area (Å²) in [6.07, 6.45) is 1.03. The highest BCUT2D eigenvalue weighted by molar-refractivity contribution is 6.30. The SMILES string of the molecule is CCCNCc1cc(F)ccc1Oc1ccc(Cl)cc1. The molecule has 0 bridgehead atoms. The van der Waals surface area contributed by atoms with Crippen molar-refractivity contribution in [2.75, 3.05) is 6.54 Å². The number of rotatable bonds is 6. The fraction of sp³-hybridized carbons (Fsp3) is 0.250. The highest BCUT2D eigenvalue weighted by Crippen LogP contribution is 2.27. The average Bonchev–Trinajstić information content (AvgIpc) is 2.44. The van der Waals surface area contributed by atoms with Crippen LogP contribution in [0.1, 0.15) is 18.9 Å². The van der Waals surface area contributed by atoms with Gasteiger partial charge in [-0.05, 0) is 55.4 Å². The molecular formula is C16H17ClFNO. The topological polar surface area (TPSA) is 21.3 Å². The van der Waals surface area contributed by atoms with E-state index in [4.69, 9.17) is 16.3 Å². The molecule has 2 rings (SSSR count). The first-order valence-corrected chi connectivity index (χ1v) is 6.99. The molecule has 1 N–H and O–H groups in total. The van der Waals surface area contributed by atoms with E-state index in [-0.39, 0.29) is 5.82 Å². The van der Waals surface area contributed by atoms with E-state index in [0.29, 0.717) is 23.1 Å². The summed E-state index contributed by atoms with van der Waals surface area (Å²) in [7, 11) is 0. The number of ether oxygens (including phenoxy) is 1. The molecule has 0 radical (unpaired) electrons. The summed E-state index contributed by atoms with van der Waals surface area (Å²) in [4.78, 5) is 0. The van der Waals surface area contributed by atoms with Crippen molar-refractivity contribution in [2.45, 2.75) is 19.9 Å². The molecule has 0 aliphatic carbocycles. The van der Waals surface area contributed by atoms with Crippen LogP contribution < -0.4 is 10.1 Å². The average molecular weight is 294 g/mol. The molecule has 2 nitrogen and oxygen atoms in total. The Labute approximate surface area is 123 Å². The van der Waals surface area contributed by atoms with Gasteiger partial charge in [0.1, 0.15) is 17.3 Å². The molecule has 0 aliphatic heterocycles. The predicted molar refractivity (Wildman–Crippen MR) is 79.9 cm³/mol. The minimum atomic E-state index is -0.262. The van der Waals surface area contributed by atoms with Gasteiger partial charge in [0.05, 0.1) is 0 Å². The molecule has 0 atom stereocenters. The second kappa shape index (κ2) is 7.27. The van der Waals surface area contributed by atoms with Crippen LogP contribution in [0, 0.1) is 5.82 Å². The van der Waals surface area contributed by atoms with E-state index in [1.54, 1.807) is 30.3 Å². The molecule has 20 heavy (non-hydrogen) atoms. The van der Waals surface area contributed by atoms with E-state index in [2.05, 4.69) is 12.2 Å². The maximum Gasteiger partial charge on any atom is 0.132 e. The predicted octanol–water partition coefficient (Wildman–Crippen LogP) is 4.77. The molecule has 0 amide bonds. The first kappa shape index (κ1) is 14.8.